The summed E-state index contributed by atoms with van der Waals surface area (Å²) in [7, 11) is -3.04. The average Bonchev–Trinajstić information content (AvgIpc) is 2.10. The second-order valence-corrected chi connectivity index (χ2v) is 5.68. The molecule has 0 unspecified atom stereocenters. The molecule has 0 saturated heterocycles. The first-order chi connectivity index (χ1) is 6.48. The molecule has 0 rings (SSSR count). The zero-order valence-corrected chi connectivity index (χ0v) is 10.1. The smallest absolute Gasteiger partial charge is 0.211 e. The summed E-state index contributed by atoms with van der Waals surface area (Å²) in [5.41, 5.74) is 0. The maximum absolute atomic E-state index is 11.4. The van der Waals surface area contributed by atoms with Crippen LogP contribution in [0.3, 0.4) is 0 Å². The van der Waals surface area contributed by atoms with E-state index in [1.54, 1.807) is 0 Å². The van der Waals surface area contributed by atoms with Crippen molar-refractivity contribution in [3.8, 4) is 0 Å². The fraction of sp³-hybridized carbons (Fsp3) is 0.800. The van der Waals surface area contributed by atoms with Gasteiger partial charge in [-0.15, -0.1) is 0 Å². The highest BCUT2D eigenvalue weighted by Gasteiger charge is 2.09. The monoisotopic (exact) mass is 219 g/mol. The summed E-state index contributed by atoms with van der Waals surface area (Å²) < 4.78 is 25.3. The van der Waals surface area contributed by atoms with Crippen molar-refractivity contribution in [1.82, 2.24) is 4.72 Å². The Kier molecular flexibility index (Phi) is 6.83. The van der Waals surface area contributed by atoms with E-state index in [-0.39, 0.29) is 5.75 Å². The van der Waals surface area contributed by atoms with Crippen LogP contribution in [-0.4, -0.2) is 20.7 Å². The molecule has 0 aromatic carbocycles. The quantitative estimate of drug-likeness (QED) is 0.525. The minimum absolute atomic E-state index is 0.237. The normalized spacial score (nSPS) is 12.9. The first-order valence-electron chi connectivity index (χ1n) is 5.06. The van der Waals surface area contributed by atoms with Gasteiger partial charge < -0.3 is 0 Å². The third-order valence-electron chi connectivity index (χ3n) is 1.83. The Morgan fingerprint density at radius 3 is 2.50 bits per heavy atom. The third-order valence-corrected chi connectivity index (χ3v) is 3.25. The van der Waals surface area contributed by atoms with Gasteiger partial charge in [-0.05, 0) is 25.7 Å². The second kappa shape index (κ2) is 7.01. The maximum atomic E-state index is 11.4. The number of hydrogen-bond donors (Lipinski definition) is 1. The number of rotatable bonds is 7. The summed E-state index contributed by atoms with van der Waals surface area (Å²) in [6, 6.07) is 0. The van der Waals surface area contributed by atoms with Crippen LogP contribution in [0.15, 0.2) is 12.2 Å². The molecule has 0 bridgehead atoms. The van der Waals surface area contributed by atoms with Crippen LogP contribution in [0.1, 0.15) is 33.6 Å². The summed E-state index contributed by atoms with van der Waals surface area (Å²) in [6.45, 7) is 6.47. The molecule has 3 nitrogen and oxygen atoms in total. The van der Waals surface area contributed by atoms with Crippen molar-refractivity contribution < 1.29 is 8.42 Å². The fourth-order valence-electron chi connectivity index (χ4n) is 0.927. The molecule has 0 heterocycles. The van der Waals surface area contributed by atoms with Crippen LogP contribution in [0.25, 0.3) is 0 Å². The van der Waals surface area contributed by atoms with E-state index < -0.39 is 10.0 Å². The van der Waals surface area contributed by atoms with Crippen molar-refractivity contribution >= 4 is 10.0 Å². The van der Waals surface area contributed by atoms with E-state index in [1.807, 2.05) is 32.9 Å². The van der Waals surface area contributed by atoms with E-state index >= 15 is 0 Å². The Morgan fingerprint density at radius 2 is 2.00 bits per heavy atom. The van der Waals surface area contributed by atoms with Crippen LogP contribution in [0.4, 0.5) is 0 Å². The predicted octanol–water partition coefficient (Wildman–Crippen LogP) is 1.92. The van der Waals surface area contributed by atoms with Crippen LogP contribution in [0.2, 0.25) is 0 Å². The van der Waals surface area contributed by atoms with Gasteiger partial charge in [0.05, 0.1) is 5.75 Å². The molecule has 4 heteroatoms. The van der Waals surface area contributed by atoms with Gasteiger partial charge in [0.15, 0.2) is 0 Å². The van der Waals surface area contributed by atoms with E-state index in [9.17, 15) is 8.42 Å². The van der Waals surface area contributed by atoms with Gasteiger partial charge in [0.2, 0.25) is 10.0 Å². The van der Waals surface area contributed by atoms with E-state index in [4.69, 9.17) is 0 Å². The molecular weight excluding hydrogens is 198 g/mol. The van der Waals surface area contributed by atoms with Gasteiger partial charge in [0, 0.05) is 6.54 Å². The van der Waals surface area contributed by atoms with Crippen molar-refractivity contribution in [3.05, 3.63) is 12.2 Å². The van der Waals surface area contributed by atoms with Gasteiger partial charge in [-0.2, -0.15) is 0 Å². The lowest BCUT2D eigenvalue weighted by Gasteiger charge is -2.06. The average molecular weight is 219 g/mol. The van der Waals surface area contributed by atoms with E-state index in [1.165, 1.54) is 0 Å². The molecule has 0 radical (unpaired) electrons. The van der Waals surface area contributed by atoms with Crippen molar-refractivity contribution in [2.75, 3.05) is 12.3 Å². The number of nitrogens with one attached hydrogen (secondary N) is 1. The number of sulfonamides is 1. The minimum atomic E-state index is -3.04. The highest BCUT2D eigenvalue weighted by Crippen LogP contribution is 2.01. The van der Waals surface area contributed by atoms with Gasteiger partial charge in [0.1, 0.15) is 0 Å². The molecule has 0 aliphatic carbocycles. The molecule has 0 atom stereocenters. The molecule has 0 aromatic heterocycles. The highest BCUT2D eigenvalue weighted by atomic mass is 32.2. The zero-order chi connectivity index (χ0) is 11.0. The molecule has 14 heavy (non-hydrogen) atoms. The standard InChI is InChI=1S/C10H21NO2S/c1-4-5-6-8-11-14(12,13)9-7-10(2)3/h4-5,10-11H,6-9H2,1-3H3/b5-4+. The lowest BCUT2D eigenvalue weighted by molar-refractivity contribution is 0.562. The Hall–Kier alpha value is -0.350. The second-order valence-electron chi connectivity index (χ2n) is 3.75. The third kappa shape index (κ3) is 8.26. The molecule has 0 aliphatic heterocycles. The summed E-state index contributed by atoms with van der Waals surface area (Å²) in [6.07, 6.45) is 5.35. The summed E-state index contributed by atoms with van der Waals surface area (Å²) in [5.74, 6) is 0.669. The summed E-state index contributed by atoms with van der Waals surface area (Å²) in [5, 5.41) is 0. The maximum Gasteiger partial charge on any atom is 0.211 e. The number of hydrogen-bond acceptors (Lipinski definition) is 2. The first-order valence-corrected chi connectivity index (χ1v) is 6.71. The molecule has 0 fully saturated rings. The topological polar surface area (TPSA) is 46.2 Å². The van der Waals surface area contributed by atoms with Gasteiger partial charge in [-0.3, -0.25) is 0 Å². The Morgan fingerprint density at radius 1 is 1.36 bits per heavy atom. The van der Waals surface area contributed by atoms with Crippen LogP contribution < -0.4 is 4.72 Å². The Balaban J connectivity index is 3.73. The fourth-order valence-corrected chi connectivity index (χ4v) is 2.28. The van der Waals surface area contributed by atoms with Crippen molar-refractivity contribution in [2.24, 2.45) is 5.92 Å². The summed E-state index contributed by atoms with van der Waals surface area (Å²) in [4.78, 5) is 0. The highest BCUT2D eigenvalue weighted by molar-refractivity contribution is 7.89. The number of allylic oxidation sites excluding steroid dienone is 1. The molecule has 0 spiro atoms. The first kappa shape index (κ1) is 13.7. The summed E-state index contributed by atoms with van der Waals surface area (Å²) >= 11 is 0. The minimum Gasteiger partial charge on any atom is -0.215 e. The Bertz CT molecular complexity index is 255. The van der Waals surface area contributed by atoms with Gasteiger partial charge in [-0.25, -0.2) is 13.1 Å². The molecule has 0 aromatic rings. The van der Waals surface area contributed by atoms with E-state index in [0.717, 1.165) is 12.8 Å². The molecule has 0 saturated carbocycles. The lowest BCUT2D eigenvalue weighted by Crippen LogP contribution is -2.27. The van der Waals surface area contributed by atoms with Crippen LogP contribution in [0.5, 0.6) is 0 Å². The van der Waals surface area contributed by atoms with Crippen molar-refractivity contribution in [1.29, 1.82) is 0 Å². The van der Waals surface area contributed by atoms with Crippen LogP contribution >= 0.6 is 0 Å². The van der Waals surface area contributed by atoms with E-state index in [0.29, 0.717) is 12.5 Å². The van der Waals surface area contributed by atoms with Crippen molar-refractivity contribution in [3.63, 3.8) is 0 Å². The lowest BCUT2D eigenvalue weighted by atomic mass is 10.2. The van der Waals surface area contributed by atoms with Gasteiger partial charge in [0.25, 0.3) is 0 Å². The Labute approximate surface area is 87.6 Å². The van der Waals surface area contributed by atoms with Crippen LogP contribution in [-0.2, 0) is 10.0 Å². The predicted molar refractivity (Wildman–Crippen MR) is 60.7 cm³/mol. The molecular formula is C10H21NO2S. The SMILES string of the molecule is C/C=C/CCNS(=O)(=O)CCC(C)C. The van der Waals surface area contributed by atoms with Crippen LogP contribution in [0, 0.1) is 5.92 Å². The van der Waals surface area contributed by atoms with Gasteiger partial charge >= 0.3 is 0 Å². The van der Waals surface area contributed by atoms with Gasteiger partial charge in [-0.1, -0.05) is 26.0 Å². The van der Waals surface area contributed by atoms with Crippen molar-refractivity contribution in [2.45, 2.75) is 33.6 Å². The molecule has 84 valence electrons. The molecule has 1 N–H and O–H groups in total. The molecule has 0 amide bonds. The van der Waals surface area contributed by atoms with E-state index in [2.05, 4.69) is 4.72 Å². The zero-order valence-electron chi connectivity index (χ0n) is 9.29. The largest absolute Gasteiger partial charge is 0.215 e. The molecule has 0 aliphatic rings.